The van der Waals surface area contributed by atoms with Crippen LogP contribution in [0.25, 0.3) is 0 Å². The largest absolute Gasteiger partial charge is 0.497 e. The predicted octanol–water partition coefficient (Wildman–Crippen LogP) is 2.25. The van der Waals surface area contributed by atoms with Crippen LogP contribution in [0.1, 0.15) is 6.92 Å². The van der Waals surface area contributed by atoms with Gasteiger partial charge in [0.15, 0.2) is 11.0 Å². The molecule has 0 aromatic heterocycles. The number of halogens is 1. The maximum absolute atomic E-state index is 10.7. The van der Waals surface area contributed by atoms with Crippen LogP contribution < -0.4 is 10.2 Å². The molecule has 0 atom stereocenters. The Bertz CT molecular complexity index is 374. The summed E-state index contributed by atoms with van der Waals surface area (Å²) in [5.74, 6) is 0.472. The van der Waals surface area contributed by atoms with E-state index >= 15 is 0 Å². The third kappa shape index (κ3) is 3.59. The zero-order chi connectivity index (χ0) is 11.3. The molecule has 0 bridgehead atoms. The van der Waals surface area contributed by atoms with Crippen molar-refractivity contribution in [1.29, 1.82) is 0 Å². The van der Waals surface area contributed by atoms with Crippen LogP contribution >= 0.6 is 11.6 Å². The molecule has 0 aliphatic heterocycles. The Balaban J connectivity index is 2.66. The Hall–Kier alpha value is -1.55. The lowest BCUT2D eigenvalue weighted by molar-refractivity contribution is -0.110. The molecule has 0 fully saturated rings. The second-order valence-corrected chi connectivity index (χ2v) is 3.16. The van der Waals surface area contributed by atoms with Gasteiger partial charge in [-0.05, 0) is 24.3 Å². The quantitative estimate of drug-likeness (QED) is 0.633. The van der Waals surface area contributed by atoms with Gasteiger partial charge in [0.25, 0.3) is 0 Å². The first kappa shape index (κ1) is 11.5. The number of ketones is 1. The summed E-state index contributed by atoms with van der Waals surface area (Å²) in [5, 5.41) is 3.61. The molecule has 0 unspecified atom stereocenters. The van der Waals surface area contributed by atoms with E-state index in [4.69, 9.17) is 16.3 Å². The van der Waals surface area contributed by atoms with E-state index in [1.165, 1.54) is 6.92 Å². The van der Waals surface area contributed by atoms with Gasteiger partial charge in [0.05, 0.1) is 12.8 Å². The van der Waals surface area contributed by atoms with Crippen LogP contribution in [-0.4, -0.2) is 18.1 Å². The molecule has 1 aromatic carbocycles. The Labute approximate surface area is 92.9 Å². The molecule has 0 aliphatic carbocycles. The number of nitrogens with zero attached hydrogens (tertiary/aromatic N) is 1. The summed E-state index contributed by atoms with van der Waals surface area (Å²) in [5.41, 5.74) is 3.39. The number of rotatable bonds is 4. The first-order chi connectivity index (χ1) is 7.13. The van der Waals surface area contributed by atoms with Crippen LogP contribution in [0, 0.1) is 0 Å². The summed E-state index contributed by atoms with van der Waals surface area (Å²) in [6.07, 6.45) is 0. The third-order valence-electron chi connectivity index (χ3n) is 1.66. The second-order valence-electron chi connectivity index (χ2n) is 2.80. The van der Waals surface area contributed by atoms with Gasteiger partial charge in [-0.15, -0.1) is 0 Å². The number of ether oxygens (including phenoxy) is 1. The molecule has 0 saturated carbocycles. The molecule has 5 heteroatoms. The molecule has 1 rings (SSSR count). The maximum atomic E-state index is 10.7. The van der Waals surface area contributed by atoms with Crippen LogP contribution in [0.4, 0.5) is 5.69 Å². The fourth-order valence-corrected chi connectivity index (χ4v) is 0.900. The highest BCUT2D eigenvalue weighted by molar-refractivity contribution is 6.82. The van der Waals surface area contributed by atoms with Gasteiger partial charge in [0.2, 0.25) is 0 Å². The molecule has 4 nitrogen and oxygen atoms in total. The van der Waals surface area contributed by atoms with Gasteiger partial charge in [-0.2, -0.15) is 5.10 Å². The van der Waals surface area contributed by atoms with Crippen molar-refractivity contribution in [2.45, 2.75) is 6.92 Å². The number of anilines is 1. The second kappa shape index (κ2) is 5.36. The minimum Gasteiger partial charge on any atom is -0.497 e. The van der Waals surface area contributed by atoms with E-state index in [2.05, 4.69) is 10.5 Å². The summed E-state index contributed by atoms with van der Waals surface area (Å²) < 4.78 is 4.99. The number of Topliss-reactive ketones (excluding diaryl/α,β-unsaturated/α-hetero) is 1. The molecule has 0 saturated heterocycles. The van der Waals surface area contributed by atoms with Gasteiger partial charge >= 0.3 is 0 Å². The van der Waals surface area contributed by atoms with Crippen molar-refractivity contribution in [3.8, 4) is 5.75 Å². The van der Waals surface area contributed by atoms with E-state index in [0.29, 0.717) is 0 Å². The normalized spacial score (nSPS) is 11.0. The van der Waals surface area contributed by atoms with E-state index in [1.54, 1.807) is 31.4 Å². The number of hydrazone groups is 1. The zero-order valence-electron chi connectivity index (χ0n) is 8.45. The Morgan fingerprint density at radius 3 is 2.47 bits per heavy atom. The van der Waals surface area contributed by atoms with E-state index < -0.39 is 0 Å². The van der Waals surface area contributed by atoms with E-state index in [1.807, 2.05) is 0 Å². The molecule has 0 amide bonds. The minimum absolute atomic E-state index is 0.0779. The average Bonchev–Trinajstić information content (AvgIpc) is 2.26. The first-order valence-corrected chi connectivity index (χ1v) is 4.65. The first-order valence-electron chi connectivity index (χ1n) is 4.27. The summed E-state index contributed by atoms with van der Waals surface area (Å²) >= 11 is 5.54. The SMILES string of the molecule is COc1ccc(N/N=C(/Cl)C(C)=O)cc1. The molecule has 0 heterocycles. The van der Waals surface area contributed by atoms with E-state index in [9.17, 15) is 4.79 Å². The van der Waals surface area contributed by atoms with Gasteiger partial charge in [-0.3, -0.25) is 10.2 Å². The van der Waals surface area contributed by atoms with Crippen molar-refractivity contribution in [2.24, 2.45) is 5.10 Å². The van der Waals surface area contributed by atoms with E-state index in [0.717, 1.165) is 11.4 Å². The standard InChI is InChI=1S/C10H11ClN2O2/c1-7(14)10(11)13-12-8-3-5-9(15-2)6-4-8/h3-6,12H,1-2H3/b13-10+. The number of nitrogens with one attached hydrogen (secondary N) is 1. The fourth-order valence-electron chi connectivity index (χ4n) is 0.858. The van der Waals surface area contributed by atoms with Crippen molar-refractivity contribution in [2.75, 3.05) is 12.5 Å². The van der Waals surface area contributed by atoms with Crippen LogP contribution in [0.3, 0.4) is 0 Å². The average molecular weight is 227 g/mol. The highest BCUT2D eigenvalue weighted by Gasteiger charge is 2.00. The highest BCUT2D eigenvalue weighted by Crippen LogP contribution is 2.14. The molecular weight excluding hydrogens is 216 g/mol. The Morgan fingerprint density at radius 2 is 2.00 bits per heavy atom. The van der Waals surface area contributed by atoms with Crippen LogP contribution in [0.15, 0.2) is 29.4 Å². The number of hydrogen-bond donors (Lipinski definition) is 1. The third-order valence-corrected chi connectivity index (χ3v) is 2.01. The van der Waals surface area contributed by atoms with Crippen molar-refractivity contribution in [1.82, 2.24) is 0 Å². The predicted molar refractivity (Wildman–Crippen MR) is 60.6 cm³/mol. The molecule has 0 aliphatic rings. The number of benzene rings is 1. The summed E-state index contributed by atoms with van der Waals surface area (Å²) in [6, 6.07) is 7.10. The molecule has 15 heavy (non-hydrogen) atoms. The van der Waals surface area contributed by atoms with Crippen LogP contribution in [-0.2, 0) is 4.79 Å². The van der Waals surface area contributed by atoms with Crippen LogP contribution in [0.5, 0.6) is 5.75 Å². The lowest BCUT2D eigenvalue weighted by Gasteiger charge is -2.02. The summed E-state index contributed by atoms with van der Waals surface area (Å²) in [7, 11) is 1.59. The van der Waals surface area contributed by atoms with Gasteiger partial charge in [-0.25, -0.2) is 0 Å². The van der Waals surface area contributed by atoms with Crippen LogP contribution in [0.2, 0.25) is 0 Å². The summed E-state index contributed by atoms with van der Waals surface area (Å²) in [4.78, 5) is 10.7. The molecule has 80 valence electrons. The number of carbonyl (C=O) groups is 1. The molecular formula is C10H11ClN2O2. The lowest BCUT2D eigenvalue weighted by atomic mass is 10.3. The fraction of sp³-hybridized carbons (Fsp3) is 0.200. The number of carbonyl (C=O) groups excluding carboxylic acids is 1. The monoisotopic (exact) mass is 226 g/mol. The minimum atomic E-state index is -0.280. The molecule has 0 radical (unpaired) electrons. The van der Waals surface area contributed by atoms with Crippen molar-refractivity contribution < 1.29 is 9.53 Å². The smallest absolute Gasteiger partial charge is 0.191 e. The summed E-state index contributed by atoms with van der Waals surface area (Å²) in [6.45, 7) is 1.35. The van der Waals surface area contributed by atoms with Crippen molar-refractivity contribution in [3.05, 3.63) is 24.3 Å². The number of hydrogen-bond acceptors (Lipinski definition) is 4. The molecule has 1 aromatic rings. The highest BCUT2D eigenvalue weighted by atomic mass is 35.5. The number of methoxy groups -OCH3 is 1. The molecule has 1 N–H and O–H groups in total. The van der Waals surface area contributed by atoms with E-state index in [-0.39, 0.29) is 11.0 Å². The molecule has 0 spiro atoms. The van der Waals surface area contributed by atoms with Gasteiger partial charge < -0.3 is 4.74 Å². The van der Waals surface area contributed by atoms with Crippen molar-refractivity contribution >= 4 is 28.2 Å². The Morgan fingerprint density at radius 1 is 1.40 bits per heavy atom. The Kier molecular flexibility index (Phi) is 4.12. The van der Waals surface area contributed by atoms with Gasteiger partial charge in [0, 0.05) is 6.92 Å². The maximum Gasteiger partial charge on any atom is 0.191 e. The topological polar surface area (TPSA) is 50.7 Å². The van der Waals surface area contributed by atoms with Gasteiger partial charge in [0.1, 0.15) is 5.75 Å². The zero-order valence-corrected chi connectivity index (χ0v) is 9.21. The lowest BCUT2D eigenvalue weighted by Crippen LogP contribution is -2.04. The van der Waals surface area contributed by atoms with Gasteiger partial charge in [-0.1, -0.05) is 11.6 Å². The van der Waals surface area contributed by atoms with Crippen molar-refractivity contribution in [3.63, 3.8) is 0 Å².